The number of nitrogens with zero attached hydrogens (tertiary/aromatic N) is 1. The molecule has 0 aliphatic carbocycles. The fourth-order valence-electron chi connectivity index (χ4n) is 2.87. The molecule has 2 rings (SSSR count). The molecule has 6 heteroatoms. The van der Waals surface area contributed by atoms with Crippen molar-refractivity contribution in [3.8, 4) is 0 Å². The molecule has 2 aromatic carbocycles. The van der Waals surface area contributed by atoms with Gasteiger partial charge in [0.1, 0.15) is 0 Å². The van der Waals surface area contributed by atoms with Crippen molar-refractivity contribution in [1.82, 2.24) is 16.0 Å². The summed E-state index contributed by atoms with van der Waals surface area (Å²) in [5.41, 5.74) is 5.57. The highest BCUT2D eigenvalue weighted by molar-refractivity contribution is 14.0. The molecule has 0 radical (unpaired) electrons. The van der Waals surface area contributed by atoms with E-state index in [2.05, 4.69) is 54.9 Å². The van der Waals surface area contributed by atoms with Gasteiger partial charge in [-0.1, -0.05) is 35.9 Å². The predicted octanol–water partition coefficient (Wildman–Crippen LogP) is 3.58. The van der Waals surface area contributed by atoms with Crippen molar-refractivity contribution in [2.75, 3.05) is 20.1 Å². The van der Waals surface area contributed by atoms with Gasteiger partial charge in [-0.05, 0) is 56.0 Å². The molecule has 2 aromatic rings. The Morgan fingerprint density at radius 1 is 1.07 bits per heavy atom. The molecule has 0 saturated heterocycles. The maximum atomic E-state index is 11.7. The van der Waals surface area contributed by atoms with Crippen molar-refractivity contribution in [3.63, 3.8) is 0 Å². The second-order valence-corrected chi connectivity index (χ2v) is 6.58. The molecule has 0 aliphatic rings. The number of benzene rings is 2. The summed E-state index contributed by atoms with van der Waals surface area (Å²) >= 11 is 0. The van der Waals surface area contributed by atoms with Gasteiger partial charge in [0.25, 0.3) is 5.91 Å². The molecule has 0 bridgehead atoms. The summed E-state index contributed by atoms with van der Waals surface area (Å²) in [6.45, 7) is 8.48. The summed E-state index contributed by atoms with van der Waals surface area (Å²) in [6.07, 6.45) is 0.818. The van der Waals surface area contributed by atoms with Crippen LogP contribution in [-0.4, -0.2) is 32.0 Å². The van der Waals surface area contributed by atoms with E-state index in [1.807, 2.05) is 24.3 Å². The third kappa shape index (κ3) is 7.50. The van der Waals surface area contributed by atoms with Gasteiger partial charge in [-0.2, -0.15) is 0 Å². The molecule has 1 amide bonds. The first-order valence-corrected chi connectivity index (χ1v) is 9.42. The molecular weight excluding hydrogens is 463 g/mol. The van der Waals surface area contributed by atoms with Crippen LogP contribution in [0.1, 0.15) is 39.5 Å². The van der Waals surface area contributed by atoms with Gasteiger partial charge >= 0.3 is 0 Å². The Labute approximate surface area is 185 Å². The molecule has 0 fully saturated rings. The Kier molecular flexibility index (Phi) is 10.6. The van der Waals surface area contributed by atoms with Crippen LogP contribution in [-0.2, 0) is 13.0 Å². The number of amides is 1. The normalized spacial score (nSPS) is 10.8. The lowest BCUT2D eigenvalue weighted by Gasteiger charge is -2.12. The van der Waals surface area contributed by atoms with Gasteiger partial charge < -0.3 is 16.0 Å². The van der Waals surface area contributed by atoms with Crippen molar-refractivity contribution in [3.05, 3.63) is 70.3 Å². The van der Waals surface area contributed by atoms with Gasteiger partial charge in [-0.3, -0.25) is 4.79 Å². The quantitative estimate of drug-likeness (QED) is 0.313. The Morgan fingerprint density at radius 3 is 2.54 bits per heavy atom. The number of guanidine groups is 1. The Morgan fingerprint density at radius 2 is 1.86 bits per heavy atom. The molecule has 0 atom stereocenters. The summed E-state index contributed by atoms with van der Waals surface area (Å²) in [4.78, 5) is 16.4. The number of carbonyl (C=O) groups is 1. The van der Waals surface area contributed by atoms with E-state index in [1.165, 1.54) is 16.7 Å². The van der Waals surface area contributed by atoms with Crippen molar-refractivity contribution in [1.29, 1.82) is 0 Å². The number of aryl methyl sites for hydroxylation is 2. The first-order valence-electron chi connectivity index (χ1n) is 9.42. The van der Waals surface area contributed by atoms with Crippen LogP contribution in [0, 0.1) is 13.8 Å². The summed E-state index contributed by atoms with van der Waals surface area (Å²) in [5.74, 6) is 0.744. The summed E-state index contributed by atoms with van der Waals surface area (Å²) in [7, 11) is 1.64. The molecule has 0 saturated carbocycles. The topological polar surface area (TPSA) is 65.5 Å². The van der Waals surface area contributed by atoms with Crippen LogP contribution in [0.2, 0.25) is 0 Å². The standard InChI is InChI=1S/C22H30N4O.HI/c1-5-24-22(26-15-20-10-9-16(2)13-17(20)3)25-12-11-18-7-6-8-19(14-18)21(27)23-4;/h6-10,13-14H,5,11-12,15H2,1-4H3,(H,23,27)(H2,24,25,26);1H. The third-order valence-electron chi connectivity index (χ3n) is 4.37. The minimum absolute atomic E-state index is 0. The maximum absolute atomic E-state index is 11.7. The van der Waals surface area contributed by atoms with Crippen LogP contribution in [0.5, 0.6) is 0 Å². The molecule has 0 heterocycles. The summed E-state index contributed by atoms with van der Waals surface area (Å²) in [6, 6.07) is 14.2. The van der Waals surface area contributed by atoms with E-state index in [0.29, 0.717) is 12.1 Å². The number of nitrogens with one attached hydrogen (secondary N) is 3. The molecule has 0 unspecified atom stereocenters. The van der Waals surface area contributed by atoms with E-state index in [0.717, 1.165) is 31.0 Å². The second kappa shape index (κ2) is 12.4. The number of halogens is 1. The van der Waals surface area contributed by atoms with Gasteiger partial charge in [0, 0.05) is 25.7 Å². The fourth-order valence-corrected chi connectivity index (χ4v) is 2.87. The first-order chi connectivity index (χ1) is 13.0. The molecule has 3 N–H and O–H groups in total. The predicted molar refractivity (Wildman–Crippen MR) is 128 cm³/mol. The van der Waals surface area contributed by atoms with Crippen molar-refractivity contribution in [2.45, 2.75) is 33.7 Å². The van der Waals surface area contributed by atoms with Crippen LogP contribution < -0.4 is 16.0 Å². The molecule has 0 aromatic heterocycles. The van der Waals surface area contributed by atoms with Crippen molar-refractivity contribution in [2.24, 2.45) is 4.99 Å². The Balaban J connectivity index is 0.00000392. The van der Waals surface area contributed by atoms with Crippen LogP contribution in [0.15, 0.2) is 47.5 Å². The summed E-state index contributed by atoms with van der Waals surface area (Å²) in [5, 5.41) is 9.31. The largest absolute Gasteiger partial charge is 0.357 e. The molecule has 0 aliphatic heterocycles. The SMILES string of the molecule is CCNC(=NCc1ccc(C)cc1C)NCCc1cccc(C(=O)NC)c1.I. The van der Waals surface area contributed by atoms with Crippen molar-refractivity contribution < 1.29 is 4.79 Å². The van der Waals surface area contributed by atoms with Gasteiger partial charge in [-0.25, -0.2) is 4.99 Å². The Hall–Kier alpha value is -2.09. The van der Waals surface area contributed by atoms with Crippen LogP contribution in [0.4, 0.5) is 0 Å². The fraction of sp³-hybridized carbons (Fsp3) is 0.364. The second-order valence-electron chi connectivity index (χ2n) is 6.58. The maximum Gasteiger partial charge on any atom is 0.251 e. The highest BCUT2D eigenvalue weighted by Gasteiger charge is 2.04. The number of rotatable bonds is 7. The molecule has 5 nitrogen and oxygen atoms in total. The lowest BCUT2D eigenvalue weighted by Crippen LogP contribution is -2.38. The highest BCUT2D eigenvalue weighted by Crippen LogP contribution is 2.11. The smallest absolute Gasteiger partial charge is 0.251 e. The van der Waals surface area contributed by atoms with Crippen LogP contribution in [0.25, 0.3) is 0 Å². The van der Waals surface area contributed by atoms with E-state index >= 15 is 0 Å². The summed E-state index contributed by atoms with van der Waals surface area (Å²) < 4.78 is 0. The highest BCUT2D eigenvalue weighted by atomic mass is 127. The van der Waals surface area contributed by atoms with Gasteiger partial charge in [0.05, 0.1) is 6.54 Å². The third-order valence-corrected chi connectivity index (χ3v) is 4.37. The number of hydrogen-bond acceptors (Lipinski definition) is 2. The van der Waals surface area contributed by atoms with Crippen molar-refractivity contribution >= 4 is 35.8 Å². The lowest BCUT2D eigenvalue weighted by molar-refractivity contribution is 0.0963. The van der Waals surface area contributed by atoms with Gasteiger partial charge in [-0.15, -0.1) is 24.0 Å². The zero-order valence-corrected chi connectivity index (χ0v) is 19.5. The minimum Gasteiger partial charge on any atom is -0.357 e. The van der Waals surface area contributed by atoms with Gasteiger partial charge in [0.2, 0.25) is 0 Å². The number of carbonyl (C=O) groups excluding carboxylic acids is 1. The van der Waals surface area contributed by atoms with E-state index in [-0.39, 0.29) is 29.9 Å². The van der Waals surface area contributed by atoms with Crippen LogP contribution >= 0.6 is 24.0 Å². The van der Waals surface area contributed by atoms with E-state index < -0.39 is 0 Å². The molecule has 152 valence electrons. The average molecular weight is 494 g/mol. The van der Waals surface area contributed by atoms with E-state index in [9.17, 15) is 4.79 Å². The molecular formula is C22H31IN4O. The lowest BCUT2D eigenvalue weighted by atomic mass is 10.1. The molecule has 28 heavy (non-hydrogen) atoms. The minimum atomic E-state index is -0.0619. The van der Waals surface area contributed by atoms with Gasteiger partial charge in [0.15, 0.2) is 5.96 Å². The molecule has 0 spiro atoms. The first kappa shape index (κ1) is 23.9. The van der Waals surface area contributed by atoms with E-state index in [1.54, 1.807) is 7.05 Å². The number of aliphatic imine (C=N–C) groups is 1. The Bertz CT molecular complexity index is 805. The zero-order chi connectivity index (χ0) is 19.6. The van der Waals surface area contributed by atoms with Crippen LogP contribution in [0.3, 0.4) is 0 Å². The van der Waals surface area contributed by atoms with E-state index in [4.69, 9.17) is 4.99 Å². The monoisotopic (exact) mass is 494 g/mol. The average Bonchev–Trinajstić information content (AvgIpc) is 2.66. The zero-order valence-electron chi connectivity index (χ0n) is 17.1. The number of hydrogen-bond donors (Lipinski definition) is 3.